The molecule has 3 rings (SSSR count). The van der Waals surface area contributed by atoms with E-state index in [0.29, 0.717) is 6.54 Å². The van der Waals surface area contributed by atoms with E-state index >= 15 is 0 Å². The Hall–Kier alpha value is -1.95. The van der Waals surface area contributed by atoms with Crippen molar-refractivity contribution in [3.8, 4) is 0 Å². The van der Waals surface area contributed by atoms with Crippen LogP contribution in [-0.2, 0) is 16.1 Å². The lowest BCUT2D eigenvalue weighted by Gasteiger charge is -2.31. The number of nitrogens with zero attached hydrogens (tertiary/aromatic N) is 2. The van der Waals surface area contributed by atoms with Crippen LogP contribution in [0, 0.1) is 0 Å². The van der Waals surface area contributed by atoms with Crippen LogP contribution in [0.25, 0.3) is 10.2 Å². The lowest BCUT2D eigenvalue weighted by Crippen LogP contribution is -2.56. The number of amides is 2. The number of thiazole rings is 1. The van der Waals surface area contributed by atoms with Crippen LogP contribution < -0.4 is 5.32 Å². The van der Waals surface area contributed by atoms with E-state index in [1.165, 1.54) is 0 Å². The molecule has 5 nitrogen and oxygen atoms in total. The largest absolute Gasteiger partial charge is 0.345 e. The molecule has 1 aromatic carbocycles. The molecule has 1 unspecified atom stereocenters. The van der Waals surface area contributed by atoms with Crippen LogP contribution >= 0.6 is 11.3 Å². The number of carbonyl (C=O) groups is 2. The second kappa shape index (κ2) is 4.62. The van der Waals surface area contributed by atoms with Crippen LogP contribution in [0.15, 0.2) is 24.3 Å². The fourth-order valence-electron chi connectivity index (χ4n) is 2.13. The van der Waals surface area contributed by atoms with E-state index in [1.807, 2.05) is 24.3 Å². The summed E-state index contributed by atoms with van der Waals surface area (Å²) in [6, 6.07) is 7.42. The molecule has 2 amide bonds. The maximum Gasteiger partial charge on any atom is 0.243 e. The van der Waals surface area contributed by atoms with E-state index in [0.717, 1.165) is 15.2 Å². The average molecular weight is 275 g/mol. The lowest BCUT2D eigenvalue weighted by molar-refractivity contribution is -0.145. The van der Waals surface area contributed by atoms with E-state index in [4.69, 9.17) is 0 Å². The van der Waals surface area contributed by atoms with E-state index in [-0.39, 0.29) is 18.4 Å². The van der Waals surface area contributed by atoms with Gasteiger partial charge >= 0.3 is 0 Å². The second-order valence-corrected chi connectivity index (χ2v) is 5.61. The van der Waals surface area contributed by atoms with Crippen molar-refractivity contribution >= 4 is 33.4 Å². The van der Waals surface area contributed by atoms with Crippen LogP contribution in [0.5, 0.6) is 0 Å². The molecule has 0 aliphatic carbocycles. The second-order valence-electron chi connectivity index (χ2n) is 4.49. The third kappa shape index (κ3) is 2.19. The molecule has 2 aromatic rings. The number of benzene rings is 1. The van der Waals surface area contributed by atoms with Gasteiger partial charge in [-0.2, -0.15) is 0 Å². The minimum Gasteiger partial charge on any atom is -0.345 e. The van der Waals surface area contributed by atoms with E-state index in [2.05, 4.69) is 10.3 Å². The van der Waals surface area contributed by atoms with Gasteiger partial charge < -0.3 is 10.2 Å². The van der Waals surface area contributed by atoms with Crippen molar-refractivity contribution in [3.63, 3.8) is 0 Å². The summed E-state index contributed by atoms with van der Waals surface area (Å²) in [6.07, 6.45) is 0. The Morgan fingerprint density at radius 2 is 2.21 bits per heavy atom. The number of hydrogen-bond donors (Lipinski definition) is 1. The molecule has 19 heavy (non-hydrogen) atoms. The Morgan fingerprint density at radius 3 is 3.00 bits per heavy atom. The van der Waals surface area contributed by atoms with E-state index in [1.54, 1.807) is 23.2 Å². The third-order valence-corrected chi connectivity index (χ3v) is 4.25. The van der Waals surface area contributed by atoms with Gasteiger partial charge in [-0.1, -0.05) is 12.1 Å². The molecule has 6 heteroatoms. The van der Waals surface area contributed by atoms with Crippen LogP contribution in [-0.4, -0.2) is 34.3 Å². The van der Waals surface area contributed by atoms with Gasteiger partial charge in [0.05, 0.1) is 23.3 Å². The smallest absolute Gasteiger partial charge is 0.243 e. The van der Waals surface area contributed by atoms with Crippen LogP contribution in [0.3, 0.4) is 0 Å². The summed E-state index contributed by atoms with van der Waals surface area (Å²) in [5, 5.41) is 3.43. The van der Waals surface area contributed by atoms with Crippen molar-refractivity contribution in [3.05, 3.63) is 29.3 Å². The van der Waals surface area contributed by atoms with Gasteiger partial charge in [0.1, 0.15) is 11.0 Å². The molecule has 1 atom stereocenters. The predicted octanol–water partition coefficient (Wildman–Crippen LogP) is 1.14. The highest BCUT2D eigenvalue weighted by molar-refractivity contribution is 7.18. The highest BCUT2D eigenvalue weighted by Crippen LogP contribution is 2.23. The van der Waals surface area contributed by atoms with Crippen molar-refractivity contribution in [1.29, 1.82) is 0 Å². The fraction of sp³-hybridized carbons (Fsp3) is 0.308. The van der Waals surface area contributed by atoms with Crippen molar-refractivity contribution in [1.82, 2.24) is 15.2 Å². The minimum atomic E-state index is -0.437. The first-order valence-corrected chi connectivity index (χ1v) is 6.88. The lowest BCUT2D eigenvalue weighted by atomic mass is 10.2. The number of nitrogens with one attached hydrogen (secondary N) is 1. The van der Waals surface area contributed by atoms with Crippen LogP contribution in [0.4, 0.5) is 0 Å². The number of rotatable bonds is 2. The average Bonchev–Trinajstić information content (AvgIpc) is 2.81. The summed E-state index contributed by atoms with van der Waals surface area (Å²) in [7, 11) is 0. The van der Waals surface area contributed by atoms with Gasteiger partial charge in [-0.25, -0.2) is 4.98 Å². The molecule has 1 aromatic heterocycles. The monoisotopic (exact) mass is 275 g/mol. The van der Waals surface area contributed by atoms with Gasteiger partial charge in [0.15, 0.2) is 0 Å². The van der Waals surface area contributed by atoms with Gasteiger partial charge in [0, 0.05) is 0 Å². The SMILES string of the molecule is CC1C(=O)NCC(=O)N1Cc1nc2ccccc2s1. The van der Waals surface area contributed by atoms with Gasteiger partial charge in [-0.05, 0) is 19.1 Å². The zero-order valence-corrected chi connectivity index (χ0v) is 11.2. The number of fused-ring (bicyclic) bond motifs is 1. The molecule has 0 spiro atoms. The van der Waals surface area contributed by atoms with Gasteiger partial charge in [0.25, 0.3) is 0 Å². The number of hydrogen-bond acceptors (Lipinski definition) is 4. The summed E-state index contributed by atoms with van der Waals surface area (Å²) >= 11 is 1.56. The maximum absolute atomic E-state index is 11.9. The maximum atomic E-state index is 11.9. The van der Waals surface area contributed by atoms with Gasteiger partial charge in [-0.15, -0.1) is 11.3 Å². The summed E-state index contributed by atoms with van der Waals surface area (Å²) in [5.74, 6) is -0.174. The Balaban J connectivity index is 1.87. The first-order valence-electron chi connectivity index (χ1n) is 6.07. The molecule has 0 radical (unpaired) electrons. The molecular formula is C13H13N3O2S. The first kappa shape index (κ1) is 12.1. The normalized spacial score (nSPS) is 19.8. The first-order chi connectivity index (χ1) is 9.15. The Bertz CT molecular complexity index is 619. The molecule has 2 heterocycles. The summed E-state index contributed by atoms with van der Waals surface area (Å²) in [5.41, 5.74) is 0.934. The molecule has 1 aliphatic heterocycles. The standard InChI is InChI=1S/C13H13N3O2S/c1-8-13(18)14-6-12(17)16(8)7-11-15-9-4-2-3-5-10(9)19-11/h2-5,8H,6-7H2,1H3,(H,14,18). The molecule has 1 N–H and O–H groups in total. The number of para-hydroxylation sites is 1. The van der Waals surface area contributed by atoms with E-state index < -0.39 is 6.04 Å². The molecule has 0 bridgehead atoms. The highest BCUT2D eigenvalue weighted by Gasteiger charge is 2.31. The minimum absolute atomic E-state index is 0.0636. The molecular weight excluding hydrogens is 262 g/mol. The zero-order valence-electron chi connectivity index (χ0n) is 10.4. The summed E-state index contributed by atoms with van der Waals surface area (Å²) in [4.78, 5) is 29.5. The Kier molecular flexibility index (Phi) is 2.94. The van der Waals surface area contributed by atoms with E-state index in [9.17, 15) is 9.59 Å². The molecule has 1 fully saturated rings. The summed E-state index contributed by atoms with van der Waals surface area (Å²) in [6.45, 7) is 2.21. The molecule has 98 valence electrons. The highest BCUT2D eigenvalue weighted by atomic mass is 32.1. The van der Waals surface area contributed by atoms with Crippen LogP contribution in [0.2, 0.25) is 0 Å². The molecule has 0 saturated carbocycles. The number of aromatic nitrogens is 1. The van der Waals surface area contributed by atoms with Gasteiger partial charge in [0.2, 0.25) is 11.8 Å². The van der Waals surface area contributed by atoms with Crippen molar-refractivity contribution in [2.45, 2.75) is 19.5 Å². The Morgan fingerprint density at radius 1 is 1.42 bits per heavy atom. The summed E-state index contributed by atoms with van der Waals surface area (Å²) < 4.78 is 1.10. The fourth-order valence-corrected chi connectivity index (χ4v) is 3.09. The third-order valence-electron chi connectivity index (χ3n) is 3.22. The topological polar surface area (TPSA) is 62.3 Å². The molecule has 1 aliphatic rings. The van der Waals surface area contributed by atoms with Crippen molar-refractivity contribution in [2.75, 3.05) is 6.54 Å². The Labute approximate surface area is 114 Å². The predicted molar refractivity (Wildman–Crippen MR) is 72.6 cm³/mol. The zero-order chi connectivity index (χ0) is 13.4. The van der Waals surface area contributed by atoms with Crippen LogP contribution in [0.1, 0.15) is 11.9 Å². The molecule has 1 saturated heterocycles. The number of piperazine rings is 1. The van der Waals surface area contributed by atoms with Crippen molar-refractivity contribution < 1.29 is 9.59 Å². The van der Waals surface area contributed by atoms with Crippen molar-refractivity contribution in [2.24, 2.45) is 0 Å². The number of carbonyl (C=O) groups excluding carboxylic acids is 2. The van der Waals surface area contributed by atoms with Gasteiger partial charge in [-0.3, -0.25) is 9.59 Å². The quantitative estimate of drug-likeness (QED) is 0.894.